The van der Waals surface area contributed by atoms with Crippen molar-refractivity contribution in [2.24, 2.45) is 5.92 Å². The van der Waals surface area contributed by atoms with Gasteiger partial charge in [-0.25, -0.2) is 9.20 Å². The summed E-state index contributed by atoms with van der Waals surface area (Å²) < 4.78 is 6.48. The van der Waals surface area contributed by atoms with Crippen molar-refractivity contribution in [2.75, 3.05) is 0 Å². The van der Waals surface area contributed by atoms with Crippen LogP contribution >= 0.6 is 15.9 Å². The summed E-state index contributed by atoms with van der Waals surface area (Å²) >= 11 is 3.53. The van der Waals surface area contributed by atoms with E-state index in [1.54, 1.807) is 4.57 Å². The topological polar surface area (TPSA) is 77.4 Å². The summed E-state index contributed by atoms with van der Waals surface area (Å²) in [4.78, 5) is 29.8. The fourth-order valence-corrected chi connectivity index (χ4v) is 5.98. The van der Waals surface area contributed by atoms with Crippen LogP contribution in [0.25, 0.3) is 17.0 Å². The number of nitrogens with zero attached hydrogens (tertiary/aromatic N) is 6. The first-order valence-electron chi connectivity index (χ1n) is 13.9. The molecular formula is C32H33BrN6O2. The lowest BCUT2D eigenvalue weighted by atomic mass is 9.97. The van der Waals surface area contributed by atoms with Crippen LogP contribution in [0.5, 0.6) is 0 Å². The summed E-state index contributed by atoms with van der Waals surface area (Å²) in [5.41, 5.74) is 7.60. The third-order valence-corrected chi connectivity index (χ3v) is 8.71. The number of aryl methyl sites for hydroxylation is 2. The third-order valence-electron chi connectivity index (χ3n) is 7.82. The van der Waals surface area contributed by atoms with Gasteiger partial charge >= 0.3 is 0 Å². The monoisotopic (exact) mass is 612 g/mol. The van der Waals surface area contributed by atoms with Gasteiger partial charge in [0, 0.05) is 33.4 Å². The Hall–Kier alpha value is -3.98. The van der Waals surface area contributed by atoms with Gasteiger partial charge in [-0.1, -0.05) is 29.8 Å². The highest BCUT2D eigenvalue weighted by molar-refractivity contribution is 9.10. The Balaban J connectivity index is 1.48. The van der Waals surface area contributed by atoms with Gasteiger partial charge in [0.1, 0.15) is 5.65 Å². The van der Waals surface area contributed by atoms with Crippen LogP contribution in [0.4, 0.5) is 0 Å². The number of benzene rings is 2. The van der Waals surface area contributed by atoms with Gasteiger partial charge in [-0.2, -0.15) is 10.2 Å². The second kappa shape index (κ2) is 10.4. The molecule has 0 unspecified atom stereocenters. The molecule has 6 rings (SSSR count). The van der Waals surface area contributed by atoms with Crippen molar-refractivity contribution in [3.8, 4) is 11.4 Å². The van der Waals surface area contributed by atoms with E-state index in [4.69, 9.17) is 5.10 Å². The zero-order valence-corrected chi connectivity index (χ0v) is 25.5. The molecule has 1 aliphatic heterocycles. The Morgan fingerprint density at radius 3 is 2.44 bits per heavy atom. The first-order chi connectivity index (χ1) is 19.6. The predicted octanol–water partition coefficient (Wildman–Crippen LogP) is 5.84. The minimum atomic E-state index is -0.145. The molecule has 0 saturated carbocycles. The van der Waals surface area contributed by atoms with Gasteiger partial charge in [-0.15, -0.1) is 0 Å². The summed E-state index contributed by atoms with van der Waals surface area (Å²) in [5.74, 6) is 0.335. The Labute approximate surface area is 247 Å². The highest BCUT2D eigenvalue weighted by Crippen LogP contribution is 2.28. The second-order valence-electron chi connectivity index (χ2n) is 11.5. The van der Waals surface area contributed by atoms with Gasteiger partial charge in [0.2, 0.25) is 0 Å². The highest BCUT2D eigenvalue weighted by atomic mass is 79.9. The molecule has 0 bridgehead atoms. The van der Waals surface area contributed by atoms with Gasteiger partial charge in [0.15, 0.2) is 0 Å². The molecule has 5 aromatic rings. The molecule has 4 heterocycles. The predicted molar refractivity (Wildman–Crippen MR) is 163 cm³/mol. The maximum Gasteiger partial charge on any atom is 0.261 e. The van der Waals surface area contributed by atoms with Gasteiger partial charge in [0.25, 0.3) is 11.5 Å². The average Bonchev–Trinajstić information content (AvgIpc) is 3.56. The van der Waals surface area contributed by atoms with Crippen LogP contribution in [-0.2, 0) is 19.4 Å². The summed E-state index contributed by atoms with van der Waals surface area (Å²) in [6.07, 6.45) is 6.90. The summed E-state index contributed by atoms with van der Waals surface area (Å²) in [6, 6.07) is 13.4. The molecule has 0 aliphatic carbocycles. The molecular weight excluding hydrogens is 580 g/mol. The van der Waals surface area contributed by atoms with Gasteiger partial charge in [-0.3, -0.25) is 14.2 Å². The molecule has 2 aromatic carbocycles. The van der Waals surface area contributed by atoms with Crippen molar-refractivity contribution < 1.29 is 4.79 Å². The second-order valence-corrected chi connectivity index (χ2v) is 12.4. The smallest absolute Gasteiger partial charge is 0.261 e. The van der Waals surface area contributed by atoms with Gasteiger partial charge in [-0.05, 0) is 93.1 Å². The number of hydrogen-bond donors (Lipinski definition) is 0. The molecule has 41 heavy (non-hydrogen) atoms. The van der Waals surface area contributed by atoms with Crippen molar-refractivity contribution >= 4 is 27.5 Å². The Morgan fingerprint density at radius 1 is 1.05 bits per heavy atom. The molecule has 3 aromatic heterocycles. The molecule has 210 valence electrons. The number of carbonyl (C=O) groups excluding carboxylic acids is 1. The van der Waals surface area contributed by atoms with E-state index in [1.165, 1.54) is 0 Å². The zero-order valence-electron chi connectivity index (χ0n) is 23.9. The van der Waals surface area contributed by atoms with E-state index in [0.29, 0.717) is 30.0 Å². The molecule has 9 heteroatoms. The molecule has 1 atom stereocenters. The van der Waals surface area contributed by atoms with Crippen molar-refractivity contribution in [1.82, 2.24) is 28.9 Å². The minimum Gasteiger partial charge on any atom is -0.330 e. The van der Waals surface area contributed by atoms with Crippen molar-refractivity contribution in [1.29, 1.82) is 0 Å². The number of amides is 1. The largest absolute Gasteiger partial charge is 0.330 e. The van der Waals surface area contributed by atoms with Crippen molar-refractivity contribution in [3.05, 3.63) is 109 Å². The van der Waals surface area contributed by atoms with E-state index in [0.717, 1.165) is 50.3 Å². The van der Waals surface area contributed by atoms with Crippen LogP contribution in [-0.4, -0.2) is 40.8 Å². The maximum atomic E-state index is 14.3. The van der Waals surface area contributed by atoms with E-state index in [9.17, 15) is 9.59 Å². The van der Waals surface area contributed by atoms with E-state index < -0.39 is 0 Å². The Morgan fingerprint density at radius 2 is 1.78 bits per heavy atom. The molecule has 0 radical (unpaired) electrons. The Bertz CT molecular complexity index is 1850. The third kappa shape index (κ3) is 4.82. The zero-order chi connectivity index (χ0) is 29.0. The van der Waals surface area contributed by atoms with Gasteiger partial charge < -0.3 is 4.90 Å². The fourth-order valence-electron chi connectivity index (χ4n) is 5.73. The van der Waals surface area contributed by atoms with E-state index in [1.807, 2.05) is 95.9 Å². The van der Waals surface area contributed by atoms with Crippen molar-refractivity contribution in [3.63, 3.8) is 0 Å². The number of fused-ring (bicyclic) bond motifs is 3. The summed E-state index contributed by atoms with van der Waals surface area (Å²) in [6.45, 7) is 10.6. The van der Waals surface area contributed by atoms with Crippen LogP contribution in [0, 0.1) is 19.8 Å². The lowest BCUT2D eigenvalue weighted by Crippen LogP contribution is -2.46. The molecule has 1 amide bonds. The fraction of sp³-hybridized carbons (Fsp3) is 0.312. The standard InChI is InChI=1S/C32H33BrN6O2/c1-19(2)12-24-16-35-39-29-18-36(31(40)23-6-11-28(33)21(4)13-23)22(5)14-27(29)32(41)38(30(24)39)26-9-7-25(8-10-26)37-17-20(3)15-34-37/h6-11,13,15-17,19,22H,12,14,18H2,1-5H3/t22-/m0/s1. The van der Waals surface area contributed by atoms with Crippen LogP contribution in [0.2, 0.25) is 0 Å². The Kier molecular flexibility index (Phi) is 6.93. The van der Waals surface area contributed by atoms with Crippen LogP contribution in [0.1, 0.15) is 59.1 Å². The molecule has 0 fully saturated rings. The van der Waals surface area contributed by atoms with E-state index in [2.05, 4.69) is 34.9 Å². The molecule has 0 saturated heterocycles. The maximum absolute atomic E-state index is 14.3. The normalized spacial score (nSPS) is 15.1. The number of halogens is 1. The number of aromatic nitrogens is 5. The first-order valence-corrected chi connectivity index (χ1v) is 14.7. The summed E-state index contributed by atoms with van der Waals surface area (Å²) in [5, 5.41) is 9.21. The van der Waals surface area contributed by atoms with Crippen LogP contribution in [0.15, 0.2) is 70.3 Å². The minimum absolute atomic E-state index is 0.0462. The SMILES string of the molecule is Cc1cnn(-c2ccc(-n3c(=O)c4c(n5ncc(CC(C)C)c35)CN(C(=O)c3ccc(Br)c(C)c3)[C@@H](C)C4)cc2)c1. The quantitative estimate of drug-likeness (QED) is 0.250. The van der Waals surface area contributed by atoms with E-state index >= 15 is 0 Å². The average molecular weight is 614 g/mol. The van der Waals surface area contributed by atoms with Gasteiger partial charge in [0.05, 0.1) is 36.0 Å². The molecule has 0 N–H and O–H groups in total. The first kappa shape index (κ1) is 27.2. The van der Waals surface area contributed by atoms with Crippen LogP contribution in [0.3, 0.4) is 0 Å². The number of rotatable bonds is 5. The number of carbonyl (C=O) groups is 1. The van der Waals surface area contributed by atoms with Crippen molar-refractivity contribution in [2.45, 2.75) is 60.0 Å². The highest BCUT2D eigenvalue weighted by Gasteiger charge is 2.33. The molecule has 1 aliphatic rings. The molecule has 0 spiro atoms. The van der Waals surface area contributed by atoms with E-state index in [-0.39, 0.29) is 17.5 Å². The number of hydrogen-bond acceptors (Lipinski definition) is 4. The molecule has 8 nitrogen and oxygen atoms in total. The lowest BCUT2D eigenvalue weighted by molar-refractivity contribution is 0.0651. The lowest BCUT2D eigenvalue weighted by Gasteiger charge is -2.35. The summed E-state index contributed by atoms with van der Waals surface area (Å²) in [7, 11) is 0. The van der Waals surface area contributed by atoms with Crippen LogP contribution < -0.4 is 5.56 Å².